The van der Waals surface area contributed by atoms with Gasteiger partial charge in [-0.2, -0.15) is 0 Å². The van der Waals surface area contributed by atoms with Crippen LogP contribution in [0, 0.1) is 18.7 Å². The molecule has 2 heterocycles. The van der Waals surface area contributed by atoms with Gasteiger partial charge in [0, 0.05) is 11.9 Å². The van der Waals surface area contributed by atoms with Gasteiger partial charge in [0.2, 0.25) is 5.95 Å². The van der Waals surface area contributed by atoms with Gasteiger partial charge in [0.25, 0.3) is 0 Å². The van der Waals surface area contributed by atoms with Gasteiger partial charge in [-0.05, 0) is 37.1 Å². The molecular formula is C20H20FN5. The summed E-state index contributed by atoms with van der Waals surface area (Å²) in [6, 6.07) is 12.6. The van der Waals surface area contributed by atoms with Crippen molar-refractivity contribution < 1.29 is 4.39 Å². The minimum Gasteiger partial charge on any atom is -0.355 e. The van der Waals surface area contributed by atoms with E-state index in [1.807, 2.05) is 29.5 Å². The first-order valence-electron chi connectivity index (χ1n) is 8.69. The van der Waals surface area contributed by atoms with Gasteiger partial charge in [0.15, 0.2) is 11.5 Å². The van der Waals surface area contributed by atoms with Crippen molar-refractivity contribution in [3.63, 3.8) is 0 Å². The van der Waals surface area contributed by atoms with Gasteiger partial charge < -0.3 is 5.32 Å². The van der Waals surface area contributed by atoms with Crippen LogP contribution in [-0.4, -0.2) is 26.1 Å². The number of benzene rings is 2. The zero-order valence-electron chi connectivity index (χ0n) is 15.0. The average molecular weight is 349 g/mol. The lowest BCUT2D eigenvalue weighted by Gasteiger charge is -2.13. The van der Waals surface area contributed by atoms with E-state index in [1.165, 1.54) is 6.07 Å². The predicted octanol–water partition coefficient (Wildman–Crippen LogP) is 4.46. The first kappa shape index (κ1) is 16.4. The average Bonchev–Trinajstić information content (AvgIpc) is 3.05. The Morgan fingerprint density at radius 3 is 2.69 bits per heavy atom. The first-order valence-corrected chi connectivity index (χ1v) is 8.69. The summed E-state index contributed by atoms with van der Waals surface area (Å²) in [6.07, 6.45) is 0. The second-order valence-electron chi connectivity index (χ2n) is 6.89. The van der Waals surface area contributed by atoms with Crippen LogP contribution >= 0.6 is 0 Å². The Bertz CT molecular complexity index is 1100. The molecular weight excluding hydrogens is 329 g/mol. The van der Waals surface area contributed by atoms with Crippen LogP contribution in [0.1, 0.15) is 19.4 Å². The molecule has 0 aliphatic heterocycles. The van der Waals surface area contributed by atoms with Crippen LogP contribution in [0.4, 0.5) is 10.3 Å². The Morgan fingerprint density at radius 1 is 1.12 bits per heavy atom. The molecule has 0 amide bonds. The lowest BCUT2D eigenvalue weighted by atomic mass is 10.1. The van der Waals surface area contributed by atoms with Gasteiger partial charge in [-0.1, -0.05) is 37.6 Å². The Balaban J connectivity index is 2.03. The maximum absolute atomic E-state index is 14.4. The molecule has 2 aromatic heterocycles. The van der Waals surface area contributed by atoms with Gasteiger partial charge >= 0.3 is 0 Å². The number of hydrogen-bond acceptors (Lipinski definition) is 4. The van der Waals surface area contributed by atoms with E-state index in [2.05, 4.69) is 29.4 Å². The highest BCUT2D eigenvalue weighted by molar-refractivity contribution is 5.93. The highest BCUT2D eigenvalue weighted by atomic mass is 19.1. The molecule has 4 aromatic rings. The number of nitrogens with one attached hydrogen (secondary N) is 1. The summed E-state index contributed by atoms with van der Waals surface area (Å²) in [7, 11) is 0. The molecule has 0 aliphatic carbocycles. The van der Waals surface area contributed by atoms with E-state index >= 15 is 0 Å². The molecule has 6 heteroatoms. The number of rotatable bonds is 4. The van der Waals surface area contributed by atoms with Crippen molar-refractivity contribution in [1.29, 1.82) is 0 Å². The summed E-state index contributed by atoms with van der Waals surface area (Å²) in [5, 5.41) is 12.9. The van der Waals surface area contributed by atoms with Crippen LogP contribution in [0.2, 0.25) is 0 Å². The third-order valence-corrected chi connectivity index (χ3v) is 4.28. The SMILES string of the molecule is Cc1ccc2nc(NCC(C)C)n3c(-c4ccccc4F)nnc3c2c1. The number of fused-ring (bicyclic) bond motifs is 3. The largest absolute Gasteiger partial charge is 0.355 e. The summed E-state index contributed by atoms with van der Waals surface area (Å²) in [4.78, 5) is 4.75. The normalized spacial score (nSPS) is 11.6. The van der Waals surface area contributed by atoms with Gasteiger partial charge in [0.05, 0.1) is 11.1 Å². The highest BCUT2D eigenvalue weighted by Crippen LogP contribution is 2.28. The second kappa shape index (κ2) is 6.37. The van der Waals surface area contributed by atoms with E-state index < -0.39 is 0 Å². The van der Waals surface area contributed by atoms with Crippen molar-refractivity contribution in [2.45, 2.75) is 20.8 Å². The number of hydrogen-bond donors (Lipinski definition) is 1. The summed E-state index contributed by atoms with van der Waals surface area (Å²) in [5.74, 6) is 1.17. The van der Waals surface area contributed by atoms with Gasteiger partial charge in [-0.25, -0.2) is 13.8 Å². The molecule has 0 bridgehead atoms. The number of halogens is 1. The van der Waals surface area contributed by atoms with E-state index in [-0.39, 0.29) is 5.82 Å². The Labute approximate surface area is 150 Å². The fraction of sp³-hybridized carbons (Fsp3) is 0.250. The molecule has 0 radical (unpaired) electrons. The zero-order valence-corrected chi connectivity index (χ0v) is 15.0. The van der Waals surface area contributed by atoms with E-state index in [0.29, 0.717) is 28.9 Å². The first-order chi connectivity index (χ1) is 12.5. The lowest BCUT2D eigenvalue weighted by molar-refractivity contribution is 0.629. The Hall–Kier alpha value is -3.02. The topological polar surface area (TPSA) is 55.1 Å². The molecule has 0 unspecified atom stereocenters. The standard InChI is InChI=1S/C20H20FN5/c1-12(2)11-22-20-23-17-9-8-13(3)10-15(17)19-25-24-18(26(19)20)14-6-4-5-7-16(14)21/h4-10,12H,11H2,1-3H3,(H,22,23). The zero-order chi connectivity index (χ0) is 18.3. The van der Waals surface area contributed by atoms with E-state index in [1.54, 1.807) is 18.2 Å². The predicted molar refractivity (Wildman–Crippen MR) is 102 cm³/mol. The second-order valence-corrected chi connectivity index (χ2v) is 6.89. The van der Waals surface area contributed by atoms with Crippen molar-refractivity contribution in [2.75, 3.05) is 11.9 Å². The van der Waals surface area contributed by atoms with Crippen molar-refractivity contribution in [1.82, 2.24) is 19.6 Å². The number of anilines is 1. The van der Waals surface area contributed by atoms with Crippen LogP contribution in [0.5, 0.6) is 0 Å². The summed E-state index contributed by atoms with van der Waals surface area (Å²) in [6.45, 7) is 7.01. The summed E-state index contributed by atoms with van der Waals surface area (Å²) >= 11 is 0. The molecule has 0 fully saturated rings. The van der Waals surface area contributed by atoms with Crippen LogP contribution in [0.3, 0.4) is 0 Å². The molecule has 4 rings (SSSR count). The van der Waals surface area contributed by atoms with Gasteiger partial charge in [-0.3, -0.25) is 0 Å². The fourth-order valence-corrected chi connectivity index (χ4v) is 2.98. The molecule has 0 spiro atoms. The van der Waals surface area contributed by atoms with Crippen molar-refractivity contribution in [3.8, 4) is 11.4 Å². The fourth-order valence-electron chi connectivity index (χ4n) is 2.98. The van der Waals surface area contributed by atoms with Crippen molar-refractivity contribution >= 4 is 22.5 Å². The highest BCUT2D eigenvalue weighted by Gasteiger charge is 2.18. The van der Waals surface area contributed by atoms with E-state index in [9.17, 15) is 4.39 Å². The number of aromatic nitrogens is 4. The Morgan fingerprint density at radius 2 is 1.92 bits per heavy atom. The minimum atomic E-state index is -0.332. The molecule has 132 valence electrons. The van der Waals surface area contributed by atoms with Crippen LogP contribution in [0.25, 0.3) is 27.9 Å². The van der Waals surface area contributed by atoms with Crippen LogP contribution in [0.15, 0.2) is 42.5 Å². The van der Waals surface area contributed by atoms with Crippen molar-refractivity contribution in [3.05, 3.63) is 53.8 Å². The minimum absolute atomic E-state index is 0.332. The lowest BCUT2D eigenvalue weighted by Crippen LogP contribution is -2.13. The quantitative estimate of drug-likeness (QED) is 0.591. The molecule has 5 nitrogen and oxygen atoms in total. The number of nitrogens with zero attached hydrogens (tertiary/aromatic N) is 4. The maximum atomic E-state index is 14.4. The summed E-state index contributed by atoms with van der Waals surface area (Å²) < 4.78 is 16.2. The molecule has 0 atom stereocenters. The third-order valence-electron chi connectivity index (χ3n) is 4.28. The molecule has 0 saturated heterocycles. The van der Waals surface area contributed by atoms with Crippen LogP contribution < -0.4 is 5.32 Å². The molecule has 0 aliphatic rings. The van der Waals surface area contributed by atoms with Gasteiger partial charge in [-0.15, -0.1) is 10.2 Å². The maximum Gasteiger partial charge on any atom is 0.211 e. The Kier molecular flexibility index (Phi) is 4.03. The summed E-state index contributed by atoms with van der Waals surface area (Å²) in [5.41, 5.74) is 3.02. The molecule has 2 aromatic carbocycles. The third kappa shape index (κ3) is 2.77. The molecule has 1 N–H and O–H groups in total. The van der Waals surface area contributed by atoms with E-state index in [0.717, 1.165) is 23.0 Å². The monoisotopic (exact) mass is 349 g/mol. The smallest absolute Gasteiger partial charge is 0.211 e. The van der Waals surface area contributed by atoms with Gasteiger partial charge in [0.1, 0.15) is 5.82 Å². The molecule has 26 heavy (non-hydrogen) atoms. The van der Waals surface area contributed by atoms with E-state index in [4.69, 9.17) is 4.98 Å². The number of aryl methyl sites for hydroxylation is 1. The van der Waals surface area contributed by atoms with Crippen molar-refractivity contribution in [2.24, 2.45) is 5.92 Å². The molecule has 0 saturated carbocycles. The van der Waals surface area contributed by atoms with Crippen LogP contribution in [-0.2, 0) is 0 Å².